The Morgan fingerprint density at radius 2 is 2.15 bits per heavy atom. The van der Waals surface area contributed by atoms with E-state index < -0.39 is 0 Å². The summed E-state index contributed by atoms with van der Waals surface area (Å²) in [6.07, 6.45) is 6.11. The number of carbonyl (C=O) groups is 1. The van der Waals surface area contributed by atoms with Gasteiger partial charge in [0.05, 0.1) is 10.7 Å². The second-order valence-electron chi connectivity index (χ2n) is 6.09. The van der Waals surface area contributed by atoms with Crippen molar-refractivity contribution >= 4 is 17.2 Å². The van der Waals surface area contributed by atoms with Crippen molar-refractivity contribution in [1.29, 1.82) is 0 Å². The number of rotatable bonds is 3. The number of hydrogen-bond acceptors (Lipinski definition) is 4. The maximum absolute atomic E-state index is 12.6. The molecule has 1 saturated carbocycles. The molecule has 1 aromatic heterocycles. The maximum Gasteiger partial charge on any atom is 0.265 e. The summed E-state index contributed by atoms with van der Waals surface area (Å²) < 4.78 is 0. The van der Waals surface area contributed by atoms with Crippen molar-refractivity contribution in [2.75, 3.05) is 19.6 Å². The lowest BCUT2D eigenvalue weighted by Crippen LogP contribution is -2.29. The van der Waals surface area contributed by atoms with E-state index in [1.807, 2.05) is 11.8 Å². The van der Waals surface area contributed by atoms with Crippen LogP contribution in [0.15, 0.2) is 0 Å². The SMILES string of the molecule is Cc1nc(C2CCCC2)sc1C(=O)N1CC[C@H](CN)C1. The summed E-state index contributed by atoms with van der Waals surface area (Å²) in [5, 5.41) is 1.18. The third-order valence-corrected chi connectivity index (χ3v) is 5.93. The van der Waals surface area contributed by atoms with Gasteiger partial charge in [-0.3, -0.25) is 4.79 Å². The molecular formula is C15H23N3OS. The monoisotopic (exact) mass is 293 g/mol. The normalized spacial score (nSPS) is 23.7. The quantitative estimate of drug-likeness (QED) is 0.931. The number of likely N-dealkylation sites (tertiary alicyclic amines) is 1. The number of thiazole rings is 1. The first-order valence-electron chi connectivity index (χ1n) is 7.65. The van der Waals surface area contributed by atoms with Crippen molar-refractivity contribution in [1.82, 2.24) is 9.88 Å². The van der Waals surface area contributed by atoms with Crippen LogP contribution in [0.3, 0.4) is 0 Å². The predicted octanol–water partition coefficient (Wildman–Crippen LogP) is 2.53. The van der Waals surface area contributed by atoms with Crippen LogP contribution in [0.5, 0.6) is 0 Å². The highest BCUT2D eigenvalue weighted by Crippen LogP contribution is 2.37. The molecule has 5 heteroatoms. The van der Waals surface area contributed by atoms with E-state index in [4.69, 9.17) is 5.73 Å². The minimum atomic E-state index is 0.167. The number of carbonyl (C=O) groups excluding carboxylic acids is 1. The lowest BCUT2D eigenvalue weighted by molar-refractivity contribution is 0.0791. The molecule has 1 saturated heterocycles. The smallest absolute Gasteiger partial charge is 0.265 e. The molecule has 2 heterocycles. The van der Waals surface area contributed by atoms with Gasteiger partial charge in [0.15, 0.2) is 0 Å². The van der Waals surface area contributed by atoms with Crippen LogP contribution in [0.4, 0.5) is 0 Å². The summed E-state index contributed by atoms with van der Waals surface area (Å²) in [5.74, 6) is 1.23. The summed E-state index contributed by atoms with van der Waals surface area (Å²) >= 11 is 1.63. The van der Waals surface area contributed by atoms with Gasteiger partial charge in [0.2, 0.25) is 0 Å². The fourth-order valence-electron chi connectivity index (χ4n) is 3.32. The summed E-state index contributed by atoms with van der Waals surface area (Å²) in [5.41, 5.74) is 6.62. The van der Waals surface area contributed by atoms with Crippen molar-refractivity contribution in [3.8, 4) is 0 Å². The molecule has 2 N–H and O–H groups in total. The van der Waals surface area contributed by atoms with Gasteiger partial charge in [-0.2, -0.15) is 0 Å². The molecule has 2 aliphatic rings. The van der Waals surface area contributed by atoms with Gasteiger partial charge < -0.3 is 10.6 Å². The fourth-order valence-corrected chi connectivity index (χ4v) is 4.52. The van der Waals surface area contributed by atoms with Gasteiger partial charge in [-0.15, -0.1) is 11.3 Å². The Hall–Kier alpha value is -0.940. The van der Waals surface area contributed by atoms with Gasteiger partial charge in [-0.1, -0.05) is 12.8 Å². The minimum absolute atomic E-state index is 0.167. The van der Waals surface area contributed by atoms with E-state index in [1.54, 1.807) is 11.3 Å². The largest absolute Gasteiger partial charge is 0.338 e. The lowest BCUT2D eigenvalue weighted by atomic mass is 10.1. The van der Waals surface area contributed by atoms with Gasteiger partial charge in [0.25, 0.3) is 5.91 Å². The van der Waals surface area contributed by atoms with Crippen LogP contribution in [0.2, 0.25) is 0 Å². The molecule has 20 heavy (non-hydrogen) atoms. The number of nitrogens with zero attached hydrogens (tertiary/aromatic N) is 2. The molecule has 0 aromatic carbocycles. The van der Waals surface area contributed by atoms with E-state index in [9.17, 15) is 4.79 Å². The Balaban J connectivity index is 1.74. The molecule has 4 nitrogen and oxygen atoms in total. The fraction of sp³-hybridized carbons (Fsp3) is 0.733. The zero-order valence-corrected chi connectivity index (χ0v) is 12.9. The van der Waals surface area contributed by atoms with Crippen LogP contribution in [0.1, 0.15) is 58.4 Å². The van der Waals surface area contributed by atoms with Gasteiger partial charge in [-0.05, 0) is 38.6 Å². The molecule has 1 atom stereocenters. The molecule has 1 aromatic rings. The molecule has 110 valence electrons. The maximum atomic E-state index is 12.6. The van der Waals surface area contributed by atoms with Crippen molar-refractivity contribution in [3.05, 3.63) is 15.6 Å². The molecule has 1 aliphatic carbocycles. The summed E-state index contributed by atoms with van der Waals surface area (Å²) in [6, 6.07) is 0. The molecule has 1 aliphatic heterocycles. The molecule has 0 unspecified atom stereocenters. The Morgan fingerprint density at radius 3 is 2.80 bits per heavy atom. The average Bonchev–Trinajstić information content (AvgIpc) is 3.18. The van der Waals surface area contributed by atoms with Gasteiger partial charge in [-0.25, -0.2) is 4.98 Å². The average molecular weight is 293 g/mol. The Kier molecular flexibility index (Phi) is 4.08. The van der Waals surface area contributed by atoms with Gasteiger partial charge in [0.1, 0.15) is 4.88 Å². The second kappa shape index (κ2) is 5.82. The highest BCUT2D eigenvalue weighted by molar-refractivity contribution is 7.13. The first kappa shape index (κ1) is 14.0. The molecule has 1 amide bonds. The standard InChI is InChI=1S/C15H23N3OS/c1-10-13(15(19)18-7-6-11(8-16)9-18)20-14(17-10)12-4-2-3-5-12/h11-12H,2-9,16H2,1H3/t11-/m1/s1. The van der Waals surface area contributed by atoms with Crippen LogP contribution < -0.4 is 5.73 Å². The number of nitrogens with two attached hydrogens (primary N) is 1. The number of aromatic nitrogens is 1. The summed E-state index contributed by atoms with van der Waals surface area (Å²) in [6.45, 7) is 4.31. The Bertz CT molecular complexity index is 493. The van der Waals surface area contributed by atoms with Crippen LogP contribution in [0, 0.1) is 12.8 Å². The number of hydrogen-bond donors (Lipinski definition) is 1. The van der Waals surface area contributed by atoms with Crippen molar-refractivity contribution in [3.63, 3.8) is 0 Å². The molecular weight excluding hydrogens is 270 g/mol. The molecule has 0 bridgehead atoms. The summed E-state index contributed by atoms with van der Waals surface area (Å²) in [4.78, 5) is 20.1. The van der Waals surface area contributed by atoms with E-state index in [1.165, 1.54) is 30.7 Å². The third kappa shape index (κ3) is 2.61. The first-order valence-corrected chi connectivity index (χ1v) is 8.47. The van der Waals surface area contributed by atoms with E-state index in [-0.39, 0.29) is 5.91 Å². The van der Waals surface area contributed by atoms with Crippen LogP contribution in [0.25, 0.3) is 0 Å². The second-order valence-corrected chi connectivity index (χ2v) is 7.12. The third-order valence-electron chi connectivity index (χ3n) is 4.62. The van der Waals surface area contributed by atoms with Crippen LogP contribution in [-0.2, 0) is 0 Å². The van der Waals surface area contributed by atoms with E-state index in [0.717, 1.165) is 30.1 Å². The first-order chi connectivity index (χ1) is 9.69. The topological polar surface area (TPSA) is 59.2 Å². The number of amides is 1. The van der Waals surface area contributed by atoms with Crippen molar-refractivity contribution in [2.24, 2.45) is 11.7 Å². The van der Waals surface area contributed by atoms with E-state index in [2.05, 4.69) is 4.98 Å². The van der Waals surface area contributed by atoms with Gasteiger partial charge >= 0.3 is 0 Å². The highest BCUT2D eigenvalue weighted by Gasteiger charge is 2.30. The molecule has 0 spiro atoms. The summed E-state index contributed by atoms with van der Waals surface area (Å²) in [7, 11) is 0. The lowest BCUT2D eigenvalue weighted by Gasteiger charge is -2.15. The van der Waals surface area contributed by atoms with Crippen LogP contribution >= 0.6 is 11.3 Å². The van der Waals surface area contributed by atoms with E-state index in [0.29, 0.717) is 18.4 Å². The zero-order valence-electron chi connectivity index (χ0n) is 12.1. The highest BCUT2D eigenvalue weighted by atomic mass is 32.1. The Labute approximate surface area is 124 Å². The Morgan fingerprint density at radius 1 is 1.40 bits per heavy atom. The number of aryl methyl sites for hydroxylation is 1. The van der Waals surface area contributed by atoms with Gasteiger partial charge in [0, 0.05) is 19.0 Å². The molecule has 3 rings (SSSR count). The predicted molar refractivity (Wildman–Crippen MR) is 81.1 cm³/mol. The zero-order chi connectivity index (χ0) is 14.1. The minimum Gasteiger partial charge on any atom is -0.338 e. The van der Waals surface area contributed by atoms with Crippen molar-refractivity contribution in [2.45, 2.75) is 44.9 Å². The molecule has 2 fully saturated rings. The van der Waals surface area contributed by atoms with Crippen molar-refractivity contribution < 1.29 is 4.79 Å². The van der Waals surface area contributed by atoms with E-state index >= 15 is 0 Å². The van der Waals surface area contributed by atoms with Crippen LogP contribution in [-0.4, -0.2) is 35.4 Å². The molecule has 0 radical (unpaired) electrons.